The molecule has 0 aromatic heterocycles. The molecule has 122 valence electrons. The summed E-state index contributed by atoms with van der Waals surface area (Å²) in [5.41, 5.74) is 5.66. The lowest BCUT2D eigenvalue weighted by Gasteiger charge is -2.36. The van der Waals surface area contributed by atoms with E-state index in [0.717, 1.165) is 25.3 Å². The van der Waals surface area contributed by atoms with E-state index >= 15 is 0 Å². The molecule has 0 unspecified atom stereocenters. The van der Waals surface area contributed by atoms with Crippen molar-refractivity contribution in [3.63, 3.8) is 0 Å². The number of carbonyl (C=O) groups is 1. The van der Waals surface area contributed by atoms with Crippen molar-refractivity contribution in [1.29, 1.82) is 0 Å². The Hall–Kier alpha value is -0.320. The lowest BCUT2D eigenvalue weighted by Crippen LogP contribution is -2.47. The molecule has 2 atom stereocenters. The summed E-state index contributed by atoms with van der Waals surface area (Å²) >= 11 is 0. The van der Waals surface area contributed by atoms with Gasteiger partial charge in [0.1, 0.15) is 6.10 Å². The fourth-order valence-electron chi connectivity index (χ4n) is 3.64. The van der Waals surface area contributed by atoms with Gasteiger partial charge in [-0.2, -0.15) is 0 Å². The van der Waals surface area contributed by atoms with Gasteiger partial charge in [-0.3, -0.25) is 4.79 Å². The second-order valence-corrected chi connectivity index (χ2v) is 6.79. The molecule has 0 spiro atoms. The Morgan fingerprint density at radius 2 is 1.76 bits per heavy atom. The minimum Gasteiger partial charge on any atom is -0.364 e. The largest absolute Gasteiger partial charge is 0.364 e. The molecule has 3 aliphatic rings. The topological polar surface area (TPSA) is 55.6 Å². The van der Waals surface area contributed by atoms with E-state index < -0.39 is 0 Å². The van der Waals surface area contributed by atoms with Crippen LogP contribution in [0.2, 0.25) is 0 Å². The number of rotatable bonds is 5. The molecule has 1 saturated heterocycles. The molecule has 1 aliphatic heterocycles. The van der Waals surface area contributed by atoms with Crippen LogP contribution in [-0.2, 0) is 9.53 Å². The standard InChI is InChI=1S/C16H28N2O2.ClH/c17-10-14-8-9-15(20-14)16(19)18(11-12-6-7-12)13-4-2-1-3-5-13;/h12-15H,1-11,17H2;1H/t14-,15+;/m1./s1. The second-order valence-electron chi connectivity index (χ2n) is 6.79. The van der Waals surface area contributed by atoms with Gasteiger partial charge in [0.25, 0.3) is 5.91 Å². The Morgan fingerprint density at radius 3 is 2.33 bits per heavy atom. The van der Waals surface area contributed by atoms with Gasteiger partial charge in [-0.25, -0.2) is 0 Å². The number of nitrogens with two attached hydrogens (primary N) is 1. The molecular weight excluding hydrogens is 288 g/mol. The number of nitrogens with zero attached hydrogens (tertiary/aromatic N) is 1. The van der Waals surface area contributed by atoms with E-state index in [0.29, 0.717) is 12.6 Å². The van der Waals surface area contributed by atoms with Crippen LogP contribution in [0.3, 0.4) is 0 Å². The number of hydrogen-bond donors (Lipinski definition) is 1. The highest BCUT2D eigenvalue weighted by Gasteiger charge is 2.38. The zero-order valence-electron chi connectivity index (χ0n) is 12.8. The van der Waals surface area contributed by atoms with Crippen molar-refractivity contribution in [2.24, 2.45) is 11.7 Å². The van der Waals surface area contributed by atoms with Gasteiger partial charge in [0, 0.05) is 19.1 Å². The number of hydrogen-bond acceptors (Lipinski definition) is 3. The van der Waals surface area contributed by atoms with Gasteiger partial charge in [0.15, 0.2) is 0 Å². The highest BCUT2D eigenvalue weighted by atomic mass is 35.5. The fraction of sp³-hybridized carbons (Fsp3) is 0.938. The first-order chi connectivity index (χ1) is 9.78. The normalized spacial score (nSPS) is 30.0. The minimum atomic E-state index is -0.218. The smallest absolute Gasteiger partial charge is 0.251 e. The van der Waals surface area contributed by atoms with Crippen molar-refractivity contribution in [3.05, 3.63) is 0 Å². The average Bonchev–Trinajstić information content (AvgIpc) is 3.19. The first-order valence-electron chi connectivity index (χ1n) is 8.44. The summed E-state index contributed by atoms with van der Waals surface area (Å²) in [6.07, 6.45) is 10.5. The zero-order valence-corrected chi connectivity index (χ0v) is 13.7. The summed E-state index contributed by atoms with van der Waals surface area (Å²) in [5.74, 6) is 1.01. The Balaban J connectivity index is 0.00000161. The quantitative estimate of drug-likeness (QED) is 0.848. The van der Waals surface area contributed by atoms with E-state index in [2.05, 4.69) is 4.90 Å². The van der Waals surface area contributed by atoms with Gasteiger partial charge in [0.05, 0.1) is 6.10 Å². The maximum absolute atomic E-state index is 12.8. The third-order valence-corrected chi connectivity index (χ3v) is 5.10. The SMILES string of the molecule is Cl.NC[C@H]1CC[C@@H](C(=O)N(CC2CC2)C2CCCCC2)O1. The zero-order chi connectivity index (χ0) is 13.9. The Kier molecular flexibility index (Phi) is 6.33. The third-order valence-electron chi connectivity index (χ3n) is 5.10. The summed E-state index contributed by atoms with van der Waals surface area (Å²) in [6, 6.07) is 0.470. The van der Waals surface area contributed by atoms with Crippen LogP contribution in [0.25, 0.3) is 0 Å². The number of halogens is 1. The maximum Gasteiger partial charge on any atom is 0.251 e. The van der Waals surface area contributed by atoms with Crippen LogP contribution in [0.15, 0.2) is 0 Å². The van der Waals surface area contributed by atoms with Crippen LogP contribution in [-0.4, -0.2) is 42.1 Å². The average molecular weight is 317 g/mol. The highest BCUT2D eigenvalue weighted by molar-refractivity contribution is 5.85. The van der Waals surface area contributed by atoms with Gasteiger partial charge in [-0.1, -0.05) is 19.3 Å². The van der Waals surface area contributed by atoms with E-state index in [1.165, 1.54) is 44.9 Å². The van der Waals surface area contributed by atoms with Gasteiger partial charge in [-0.05, 0) is 44.4 Å². The van der Waals surface area contributed by atoms with E-state index in [-0.39, 0.29) is 30.5 Å². The predicted molar refractivity (Wildman–Crippen MR) is 85.5 cm³/mol. The molecule has 0 bridgehead atoms. The molecule has 0 radical (unpaired) electrons. The first kappa shape index (κ1) is 17.0. The van der Waals surface area contributed by atoms with Crippen molar-refractivity contribution >= 4 is 18.3 Å². The number of carbonyl (C=O) groups excluding carboxylic acids is 1. The number of ether oxygens (including phenoxy) is 1. The molecule has 5 heteroatoms. The number of amides is 1. The monoisotopic (exact) mass is 316 g/mol. The van der Waals surface area contributed by atoms with Gasteiger partial charge in [-0.15, -0.1) is 12.4 Å². The lowest BCUT2D eigenvalue weighted by molar-refractivity contribution is -0.146. The highest BCUT2D eigenvalue weighted by Crippen LogP contribution is 2.34. The van der Waals surface area contributed by atoms with Gasteiger partial charge < -0.3 is 15.4 Å². The molecular formula is C16H29ClN2O2. The Bertz CT molecular complexity index is 343. The third kappa shape index (κ3) is 4.33. The van der Waals surface area contributed by atoms with Crippen molar-refractivity contribution in [2.75, 3.05) is 13.1 Å². The van der Waals surface area contributed by atoms with Crippen molar-refractivity contribution in [1.82, 2.24) is 4.90 Å². The van der Waals surface area contributed by atoms with Crippen molar-refractivity contribution < 1.29 is 9.53 Å². The molecule has 2 aliphatic carbocycles. The van der Waals surface area contributed by atoms with E-state index in [1.54, 1.807) is 0 Å². The summed E-state index contributed by atoms with van der Waals surface area (Å²) in [5, 5.41) is 0. The Labute approximate surface area is 134 Å². The summed E-state index contributed by atoms with van der Waals surface area (Å²) in [7, 11) is 0. The van der Waals surface area contributed by atoms with Gasteiger partial charge in [0.2, 0.25) is 0 Å². The molecule has 4 nitrogen and oxygen atoms in total. The molecule has 3 rings (SSSR count). The van der Waals surface area contributed by atoms with Crippen molar-refractivity contribution in [3.8, 4) is 0 Å². The molecule has 2 saturated carbocycles. The lowest BCUT2D eigenvalue weighted by atomic mass is 9.93. The molecule has 1 amide bonds. The second kappa shape index (κ2) is 7.80. The molecule has 2 N–H and O–H groups in total. The molecule has 3 fully saturated rings. The summed E-state index contributed by atoms with van der Waals surface area (Å²) < 4.78 is 5.83. The fourth-order valence-corrected chi connectivity index (χ4v) is 3.64. The van der Waals surface area contributed by atoms with Crippen LogP contribution >= 0.6 is 12.4 Å². The summed E-state index contributed by atoms with van der Waals surface area (Å²) in [6.45, 7) is 1.51. The van der Waals surface area contributed by atoms with Crippen LogP contribution < -0.4 is 5.73 Å². The maximum atomic E-state index is 12.8. The van der Waals surface area contributed by atoms with Crippen molar-refractivity contribution in [2.45, 2.75) is 76.0 Å². The van der Waals surface area contributed by atoms with Crippen LogP contribution in [0.4, 0.5) is 0 Å². The molecule has 0 aromatic carbocycles. The summed E-state index contributed by atoms with van der Waals surface area (Å²) in [4.78, 5) is 15.0. The van der Waals surface area contributed by atoms with Crippen LogP contribution in [0, 0.1) is 5.92 Å². The molecule has 1 heterocycles. The minimum absolute atomic E-state index is 0. The molecule has 0 aromatic rings. The van der Waals surface area contributed by atoms with E-state index in [4.69, 9.17) is 10.5 Å². The van der Waals surface area contributed by atoms with E-state index in [1.807, 2.05) is 0 Å². The predicted octanol–water partition coefficient (Wildman–Crippen LogP) is 2.49. The Morgan fingerprint density at radius 1 is 1.05 bits per heavy atom. The molecule has 21 heavy (non-hydrogen) atoms. The van der Waals surface area contributed by atoms with Gasteiger partial charge >= 0.3 is 0 Å². The first-order valence-corrected chi connectivity index (χ1v) is 8.44. The van der Waals surface area contributed by atoms with E-state index in [9.17, 15) is 4.79 Å². The van der Waals surface area contributed by atoms with Crippen LogP contribution in [0.1, 0.15) is 57.8 Å². The van der Waals surface area contributed by atoms with Crippen LogP contribution in [0.5, 0.6) is 0 Å².